The van der Waals surface area contributed by atoms with Crippen molar-refractivity contribution in [2.24, 2.45) is 0 Å². The Morgan fingerprint density at radius 2 is 2.44 bits per heavy atom. The predicted octanol–water partition coefficient (Wildman–Crippen LogP) is 2.27. The Balaban J connectivity index is 3.07. The fourth-order valence-electron chi connectivity index (χ4n) is 0.574. The Hall–Kier alpha value is -1.11. The molecule has 0 nitrogen and oxygen atoms in total. The highest BCUT2D eigenvalue weighted by Crippen LogP contribution is 2.02. The van der Waals surface area contributed by atoms with Crippen molar-refractivity contribution in [3.63, 3.8) is 0 Å². The van der Waals surface area contributed by atoms with Crippen LogP contribution >= 0.6 is 0 Å². The van der Waals surface area contributed by atoms with Gasteiger partial charge in [-0.1, -0.05) is 18.7 Å². The Morgan fingerprint density at radius 1 is 1.67 bits per heavy atom. The van der Waals surface area contributed by atoms with E-state index < -0.39 is 0 Å². The molecule has 1 rings (SSSR count). The molecule has 1 radical (unpaired) electrons. The van der Waals surface area contributed by atoms with Gasteiger partial charge in [-0.2, -0.15) is 0 Å². The van der Waals surface area contributed by atoms with E-state index in [1.807, 2.05) is 0 Å². The molecule has 0 spiro atoms. The summed E-state index contributed by atoms with van der Waals surface area (Å²) in [6.07, 6.45) is 1.56. The summed E-state index contributed by atoms with van der Waals surface area (Å²) in [7, 11) is 0. The van der Waals surface area contributed by atoms with Crippen LogP contribution in [0.5, 0.6) is 0 Å². The summed E-state index contributed by atoms with van der Waals surface area (Å²) >= 11 is 0. The van der Waals surface area contributed by atoms with Crippen LogP contribution in [0.4, 0.5) is 4.39 Å². The van der Waals surface area contributed by atoms with Gasteiger partial charge in [0.15, 0.2) is 0 Å². The Labute approximate surface area is 53.6 Å². The zero-order valence-corrected chi connectivity index (χ0v) is 4.89. The third kappa shape index (κ3) is 1.39. The monoisotopic (exact) mass is 121 g/mol. The molecule has 0 aromatic heterocycles. The first-order valence-electron chi connectivity index (χ1n) is 2.62. The third-order valence-electron chi connectivity index (χ3n) is 1.01. The van der Waals surface area contributed by atoms with Gasteiger partial charge in [0.25, 0.3) is 0 Å². The van der Waals surface area contributed by atoms with Gasteiger partial charge in [-0.05, 0) is 23.8 Å². The second-order valence-corrected chi connectivity index (χ2v) is 1.67. The lowest BCUT2D eigenvalue weighted by Gasteiger charge is -1.88. The Bertz CT molecular complexity index is 216. The first-order chi connectivity index (χ1) is 4.33. The van der Waals surface area contributed by atoms with E-state index in [1.165, 1.54) is 18.2 Å². The summed E-state index contributed by atoms with van der Waals surface area (Å²) in [6, 6.07) is 7.07. The molecule has 1 heteroatoms. The second kappa shape index (κ2) is 2.44. The minimum atomic E-state index is -0.247. The van der Waals surface area contributed by atoms with Gasteiger partial charge in [0.2, 0.25) is 0 Å². The maximum Gasteiger partial charge on any atom is 0.123 e. The molecule has 0 aliphatic heterocycles. The van der Waals surface area contributed by atoms with E-state index in [4.69, 9.17) is 0 Å². The number of benzene rings is 1. The van der Waals surface area contributed by atoms with E-state index in [0.717, 1.165) is 0 Å². The van der Waals surface area contributed by atoms with Crippen LogP contribution in [0.15, 0.2) is 24.8 Å². The molecule has 0 amide bonds. The normalized spacial score (nSPS) is 9.00. The van der Waals surface area contributed by atoms with Gasteiger partial charge in [-0.3, -0.25) is 0 Å². The number of rotatable bonds is 1. The number of hydrogen-bond acceptors (Lipinski definition) is 0. The van der Waals surface area contributed by atoms with Crippen molar-refractivity contribution in [3.05, 3.63) is 42.2 Å². The summed E-state index contributed by atoms with van der Waals surface area (Å²) < 4.78 is 12.3. The van der Waals surface area contributed by atoms with Gasteiger partial charge in [0, 0.05) is 0 Å². The van der Waals surface area contributed by atoms with E-state index in [0.29, 0.717) is 5.56 Å². The van der Waals surface area contributed by atoms with Gasteiger partial charge in [-0.15, -0.1) is 0 Å². The van der Waals surface area contributed by atoms with E-state index in [9.17, 15) is 4.39 Å². The molecule has 45 valence electrons. The van der Waals surface area contributed by atoms with E-state index >= 15 is 0 Å². The molecule has 0 saturated carbocycles. The average molecular weight is 121 g/mol. The summed E-state index contributed by atoms with van der Waals surface area (Å²) in [4.78, 5) is 0. The van der Waals surface area contributed by atoms with Gasteiger partial charge in [0.05, 0.1) is 0 Å². The first-order valence-corrected chi connectivity index (χ1v) is 2.62. The smallest absolute Gasteiger partial charge is 0.123 e. The molecule has 0 fully saturated rings. The molecule has 0 heterocycles. The number of halogens is 1. The van der Waals surface area contributed by atoms with E-state index in [2.05, 4.69) is 12.6 Å². The summed E-state index contributed by atoms with van der Waals surface area (Å²) in [5, 5.41) is 0. The molecule has 0 aliphatic carbocycles. The van der Waals surface area contributed by atoms with Crippen LogP contribution in [0.1, 0.15) is 5.56 Å². The lowest BCUT2D eigenvalue weighted by Crippen LogP contribution is -1.73. The molecule has 1 aromatic carbocycles. The third-order valence-corrected chi connectivity index (χ3v) is 1.01. The van der Waals surface area contributed by atoms with Gasteiger partial charge >= 0.3 is 0 Å². The number of hydrogen-bond donors (Lipinski definition) is 0. The summed E-state index contributed by atoms with van der Waals surface area (Å²) in [6.45, 7) is 3.47. The SMILES string of the molecule is C=Cc1[c]ccc(F)c1. The topological polar surface area (TPSA) is 0 Å². The van der Waals surface area contributed by atoms with Crippen molar-refractivity contribution in [1.82, 2.24) is 0 Å². The fraction of sp³-hybridized carbons (Fsp3) is 0. The zero-order valence-electron chi connectivity index (χ0n) is 4.89. The van der Waals surface area contributed by atoms with Crippen molar-refractivity contribution < 1.29 is 4.39 Å². The Kier molecular flexibility index (Phi) is 1.63. The van der Waals surface area contributed by atoms with E-state index in [1.54, 1.807) is 6.08 Å². The van der Waals surface area contributed by atoms with Gasteiger partial charge in [0.1, 0.15) is 5.82 Å². The molecule has 0 atom stereocenters. The minimum absolute atomic E-state index is 0.247. The highest BCUT2D eigenvalue weighted by Gasteiger charge is 1.87. The van der Waals surface area contributed by atoms with Crippen molar-refractivity contribution >= 4 is 6.08 Å². The molecule has 0 N–H and O–H groups in total. The lowest BCUT2D eigenvalue weighted by molar-refractivity contribution is 0.627. The van der Waals surface area contributed by atoms with Crippen LogP contribution in [0, 0.1) is 11.9 Å². The maximum atomic E-state index is 12.3. The zero-order chi connectivity index (χ0) is 6.69. The van der Waals surface area contributed by atoms with Crippen LogP contribution in [0.3, 0.4) is 0 Å². The highest BCUT2D eigenvalue weighted by atomic mass is 19.1. The quantitative estimate of drug-likeness (QED) is 0.534. The van der Waals surface area contributed by atoms with Crippen molar-refractivity contribution in [2.45, 2.75) is 0 Å². The molecule has 1 aromatic rings. The maximum absolute atomic E-state index is 12.3. The van der Waals surface area contributed by atoms with Crippen molar-refractivity contribution in [3.8, 4) is 0 Å². The predicted molar refractivity (Wildman–Crippen MR) is 35.3 cm³/mol. The molecule has 0 bridgehead atoms. The summed E-state index contributed by atoms with van der Waals surface area (Å²) in [5.74, 6) is -0.247. The average Bonchev–Trinajstić information content (AvgIpc) is 1.88. The lowest BCUT2D eigenvalue weighted by atomic mass is 10.2. The molecule has 0 aliphatic rings. The van der Waals surface area contributed by atoms with Gasteiger partial charge < -0.3 is 0 Å². The fourth-order valence-corrected chi connectivity index (χ4v) is 0.574. The highest BCUT2D eigenvalue weighted by molar-refractivity contribution is 5.45. The van der Waals surface area contributed by atoms with Crippen LogP contribution in [-0.2, 0) is 0 Å². The van der Waals surface area contributed by atoms with Crippen molar-refractivity contribution in [2.75, 3.05) is 0 Å². The van der Waals surface area contributed by atoms with Crippen LogP contribution in [-0.4, -0.2) is 0 Å². The van der Waals surface area contributed by atoms with Crippen molar-refractivity contribution in [1.29, 1.82) is 0 Å². The van der Waals surface area contributed by atoms with E-state index in [-0.39, 0.29) is 5.82 Å². The Morgan fingerprint density at radius 3 is 2.89 bits per heavy atom. The first kappa shape index (κ1) is 6.02. The molecule has 0 unspecified atom stereocenters. The molecule has 0 saturated heterocycles. The molecular formula is C8H6F. The van der Waals surface area contributed by atoms with Crippen LogP contribution in [0.2, 0.25) is 0 Å². The van der Waals surface area contributed by atoms with Gasteiger partial charge in [-0.25, -0.2) is 4.39 Å². The molecule has 9 heavy (non-hydrogen) atoms. The largest absolute Gasteiger partial charge is 0.207 e. The van der Waals surface area contributed by atoms with Crippen LogP contribution < -0.4 is 0 Å². The minimum Gasteiger partial charge on any atom is -0.207 e. The standard InChI is InChI=1S/C8H6F/c1-2-7-4-3-5-8(9)6-7/h2-3,5-6H,1H2. The second-order valence-electron chi connectivity index (χ2n) is 1.67. The molecular weight excluding hydrogens is 115 g/mol. The van der Waals surface area contributed by atoms with Crippen LogP contribution in [0.25, 0.3) is 6.08 Å². The summed E-state index contributed by atoms with van der Waals surface area (Å²) in [5.41, 5.74) is 0.690.